The van der Waals surface area contributed by atoms with Gasteiger partial charge in [-0.05, 0) is 12.8 Å². The van der Waals surface area contributed by atoms with Gasteiger partial charge in [-0.3, -0.25) is 0 Å². The van der Waals surface area contributed by atoms with Gasteiger partial charge in [0, 0.05) is 12.3 Å². The van der Waals surface area contributed by atoms with Crippen LogP contribution in [0.1, 0.15) is 25.7 Å². The third-order valence-electron chi connectivity index (χ3n) is 3.11. The highest BCUT2D eigenvalue weighted by Crippen LogP contribution is 2.40. The molecule has 0 aromatic rings. The summed E-state index contributed by atoms with van der Waals surface area (Å²) in [6, 6.07) is 0. The molecule has 2 fully saturated rings. The van der Waals surface area contributed by atoms with Crippen molar-refractivity contribution in [2.75, 3.05) is 19.8 Å². The van der Waals surface area contributed by atoms with Crippen LogP contribution >= 0.6 is 0 Å². The molecule has 3 heteroatoms. The minimum Gasteiger partial charge on any atom is -0.392 e. The average molecular weight is 198 g/mol. The highest BCUT2D eigenvalue weighted by molar-refractivity contribution is 4.99. The SMILES string of the molecule is OC/C=C/C1CCCCC12OCCO2. The molecule has 0 bridgehead atoms. The summed E-state index contributed by atoms with van der Waals surface area (Å²) in [7, 11) is 0. The first kappa shape index (κ1) is 10.1. The molecule has 1 aliphatic carbocycles. The zero-order chi connectivity index (χ0) is 9.86. The van der Waals surface area contributed by atoms with Crippen molar-refractivity contribution >= 4 is 0 Å². The van der Waals surface area contributed by atoms with Crippen molar-refractivity contribution in [3.05, 3.63) is 12.2 Å². The van der Waals surface area contributed by atoms with Gasteiger partial charge in [0.1, 0.15) is 0 Å². The smallest absolute Gasteiger partial charge is 0.174 e. The van der Waals surface area contributed by atoms with Gasteiger partial charge >= 0.3 is 0 Å². The van der Waals surface area contributed by atoms with E-state index in [4.69, 9.17) is 14.6 Å². The molecule has 0 radical (unpaired) electrons. The molecule has 1 saturated heterocycles. The largest absolute Gasteiger partial charge is 0.392 e. The van der Waals surface area contributed by atoms with Gasteiger partial charge < -0.3 is 14.6 Å². The number of hydrogen-bond acceptors (Lipinski definition) is 3. The third kappa shape index (κ3) is 1.85. The van der Waals surface area contributed by atoms with Gasteiger partial charge in [-0.2, -0.15) is 0 Å². The molecule has 1 aliphatic heterocycles. The van der Waals surface area contributed by atoms with Crippen LogP contribution < -0.4 is 0 Å². The van der Waals surface area contributed by atoms with Crippen molar-refractivity contribution in [3.8, 4) is 0 Å². The summed E-state index contributed by atoms with van der Waals surface area (Å²) in [6.07, 6.45) is 8.36. The van der Waals surface area contributed by atoms with Crippen molar-refractivity contribution in [1.29, 1.82) is 0 Å². The number of hydrogen-bond donors (Lipinski definition) is 1. The predicted molar refractivity (Wildman–Crippen MR) is 52.8 cm³/mol. The van der Waals surface area contributed by atoms with E-state index in [0.29, 0.717) is 19.1 Å². The highest BCUT2D eigenvalue weighted by Gasteiger charge is 2.44. The second kappa shape index (κ2) is 4.43. The van der Waals surface area contributed by atoms with Crippen LogP contribution in [0.5, 0.6) is 0 Å². The Morgan fingerprint density at radius 3 is 2.79 bits per heavy atom. The lowest BCUT2D eigenvalue weighted by Crippen LogP contribution is -2.40. The first-order chi connectivity index (χ1) is 6.87. The summed E-state index contributed by atoms with van der Waals surface area (Å²) >= 11 is 0. The molecule has 80 valence electrons. The fourth-order valence-electron chi connectivity index (χ4n) is 2.44. The van der Waals surface area contributed by atoms with Crippen molar-refractivity contribution in [2.24, 2.45) is 5.92 Å². The summed E-state index contributed by atoms with van der Waals surface area (Å²) in [5.74, 6) is -0.0323. The van der Waals surface area contributed by atoms with Crippen molar-refractivity contribution in [3.63, 3.8) is 0 Å². The lowest BCUT2D eigenvalue weighted by atomic mass is 9.83. The van der Waals surface area contributed by atoms with Gasteiger partial charge in [0.2, 0.25) is 0 Å². The predicted octanol–water partition coefficient (Wildman–Crippen LogP) is 1.47. The molecule has 3 nitrogen and oxygen atoms in total. The van der Waals surface area contributed by atoms with Crippen LogP contribution in [0.2, 0.25) is 0 Å². The first-order valence-corrected chi connectivity index (χ1v) is 5.43. The van der Waals surface area contributed by atoms with Crippen LogP contribution in [0.4, 0.5) is 0 Å². The second-order valence-corrected chi connectivity index (χ2v) is 3.97. The minimum atomic E-state index is -0.357. The normalized spacial score (nSPS) is 31.6. The summed E-state index contributed by atoms with van der Waals surface area (Å²) in [5, 5.41) is 8.76. The Labute approximate surface area is 84.7 Å². The quantitative estimate of drug-likeness (QED) is 0.683. The Balaban J connectivity index is 2.06. The van der Waals surface area contributed by atoms with Gasteiger partial charge in [-0.25, -0.2) is 0 Å². The third-order valence-corrected chi connectivity index (χ3v) is 3.11. The fourth-order valence-corrected chi connectivity index (χ4v) is 2.44. The molecule has 1 unspecified atom stereocenters. The molecular weight excluding hydrogens is 180 g/mol. The van der Waals surface area contributed by atoms with Crippen LogP contribution in [0, 0.1) is 5.92 Å². The average Bonchev–Trinajstić information content (AvgIpc) is 2.66. The maximum atomic E-state index is 8.76. The summed E-state index contributed by atoms with van der Waals surface area (Å²) in [6.45, 7) is 1.53. The topological polar surface area (TPSA) is 38.7 Å². The number of aliphatic hydroxyl groups is 1. The molecule has 0 aromatic carbocycles. The Bertz CT molecular complexity index is 207. The van der Waals surface area contributed by atoms with Gasteiger partial charge in [0.25, 0.3) is 0 Å². The number of aliphatic hydroxyl groups excluding tert-OH is 1. The molecule has 1 saturated carbocycles. The van der Waals surface area contributed by atoms with E-state index in [1.807, 2.05) is 6.08 Å². The highest BCUT2D eigenvalue weighted by atomic mass is 16.7. The molecule has 1 heterocycles. The molecule has 2 rings (SSSR count). The zero-order valence-corrected chi connectivity index (χ0v) is 8.45. The van der Waals surface area contributed by atoms with E-state index in [-0.39, 0.29) is 12.4 Å². The number of ether oxygens (including phenoxy) is 2. The Morgan fingerprint density at radius 2 is 2.07 bits per heavy atom. The zero-order valence-electron chi connectivity index (χ0n) is 8.45. The Morgan fingerprint density at radius 1 is 1.29 bits per heavy atom. The van der Waals surface area contributed by atoms with Crippen LogP contribution in [-0.2, 0) is 9.47 Å². The first-order valence-electron chi connectivity index (χ1n) is 5.43. The summed E-state index contributed by atoms with van der Waals surface area (Å²) < 4.78 is 11.5. The second-order valence-electron chi connectivity index (χ2n) is 3.97. The molecule has 2 aliphatic rings. The molecule has 1 atom stereocenters. The van der Waals surface area contributed by atoms with E-state index >= 15 is 0 Å². The van der Waals surface area contributed by atoms with Gasteiger partial charge in [-0.15, -0.1) is 0 Å². The van der Waals surface area contributed by atoms with Gasteiger partial charge in [0.05, 0.1) is 19.8 Å². The van der Waals surface area contributed by atoms with E-state index in [1.165, 1.54) is 12.8 Å². The molecule has 0 aromatic heterocycles. The van der Waals surface area contributed by atoms with Crippen molar-refractivity contribution < 1.29 is 14.6 Å². The van der Waals surface area contributed by atoms with Crippen LogP contribution in [0.3, 0.4) is 0 Å². The fraction of sp³-hybridized carbons (Fsp3) is 0.818. The van der Waals surface area contributed by atoms with E-state index in [9.17, 15) is 0 Å². The van der Waals surface area contributed by atoms with Crippen LogP contribution in [0.25, 0.3) is 0 Å². The van der Waals surface area contributed by atoms with Crippen LogP contribution in [0.15, 0.2) is 12.2 Å². The van der Waals surface area contributed by atoms with E-state index in [0.717, 1.165) is 12.8 Å². The van der Waals surface area contributed by atoms with Gasteiger partial charge in [0.15, 0.2) is 5.79 Å². The maximum absolute atomic E-state index is 8.76. The number of rotatable bonds is 2. The van der Waals surface area contributed by atoms with Crippen LogP contribution in [-0.4, -0.2) is 30.7 Å². The monoisotopic (exact) mass is 198 g/mol. The van der Waals surface area contributed by atoms with Crippen molar-refractivity contribution in [2.45, 2.75) is 31.5 Å². The molecule has 1 spiro atoms. The Hall–Kier alpha value is -0.380. The van der Waals surface area contributed by atoms with Gasteiger partial charge in [-0.1, -0.05) is 18.6 Å². The van der Waals surface area contributed by atoms with E-state index in [2.05, 4.69) is 0 Å². The lowest BCUT2D eigenvalue weighted by molar-refractivity contribution is -0.200. The summed E-state index contributed by atoms with van der Waals surface area (Å²) in [4.78, 5) is 0. The van der Waals surface area contributed by atoms with E-state index < -0.39 is 0 Å². The maximum Gasteiger partial charge on any atom is 0.174 e. The Kier molecular flexibility index (Phi) is 3.21. The van der Waals surface area contributed by atoms with E-state index in [1.54, 1.807) is 6.08 Å². The molecule has 1 N–H and O–H groups in total. The lowest BCUT2D eigenvalue weighted by Gasteiger charge is -2.37. The minimum absolute atomic E-state index is 0.104. The molecule has 14 heavy (non-hydrogen) atoms. The standard InChI is InChI=1S/C11H18O3/c12-7-3-5-10-4-1-2-6-11(10)13-8-9-14-11/h3,5,10,12H,1-2,4,6-9H2/b5-3+. The molecule has 0 amide bonds. The van der Waals surface area contributed by atoms with Crippen molar-refractivity contribution in [1.82, 2.24) is 0 Å². The summed E-state index contributed by atoms with van der Waals surface area (Å²) in [5.41, 5.74) is 0. The molecular formula is C11H18O3.